The fraction of sp³-hybridized carbons (Fsp3) is 0.188. The van der Waals surface area contributed by atoms with Crippen LogP contribution in [0.1, 0.15) is 16.7 Å². The predicted molar refractivity (Wildman–Crippen MR) is 81.4 cm³/mol. The van der Waals surface area contributed by atoms with Crippen LogP contribution in [0.3, 0.4) is 0 Å². The van der Waals surface area contributed by atoms with Crippen molar-refractivity contribution in [1.29, 1.82) is 0 Å². The van der Waals surface area contributed by atoms with Gasteiger partial charge in [0.1, 0.15) is 0 Å². The third-order valence-corrected chi connectivity index (χ3v) is 3.22. The zero-order valence-electron chi connectivity index (χ0n) is 12.1. The van der Waals surface area contributed by atoms with E-state index in [4.69, 9.17) is 6.42 Å². The lowest BCUT2D eigenvalue weighted by Crippen LogP contribution is -2.20. The largest absolute Gasteiger partial charge is 0.493 e. The molecule has 1 aromatic carbocycles. The molecule has 0 fully saturated rings. The Hall–Kier alpha value is -2.87. The van der Waals surface area contributed by atoms with Crippen LogP contribution in [0.15, 0.2) is 39.3 Å². The van der Waals surface area contributed by atoms with Gasteiger partial charge in [-0.3, -0.25) is 9.36 Å². The van der Waals surface area contributed by atoms with Gasteiger partial charge in [-0.2, -0.15) is 5.11 Å². The number of pyridine rings is 1. The second kappa shape index (κ2) is 5.63. The molecule has 5 nitrogen and oxygen atoms in total. The molecule has 0 aliphatic rings. The quantitative estimate of drug-likeness (QED) is 0.679. The van der Waals surface area contributed by atoms with E-state index in [0.717, 1.165) is 10.1 Å². The van der Waals surface area contributed by atoms with E-state index < -0.39 is 5.56 Å². The first kappa shape index (κ1) is 14.5. The average Bonchev–Trinajstić information content (AvgIpc) is 2.47. The van der Waals surface area contributed by atoms with Crippen LogP contribution in [0.5, 0.6) is 5.88 Å². The van der Waals surface area contributed by atoms with Gasteiger partial charge in [0, 0.05) is 12.6 Å². The van der Waals surface area contributed by atoms with Gasteiger partial charge < -0.3 is 5.11 Å². The highest BCUT2D eigenvalue weighted by atomic mass is 16.3. The third kappa shape index (κ3) is 2.70. The van der Waals surface area contributed by atoms with Crippen LogP contribution in [-0.2, 0) is 7.05 Å². The number of aromatic nitrogens is 1. The highest BCUT2D eigenvalue weighted by molar-refractivity contribution is 5.59. The van der Waals surface area contributed by atoms with Crippen molar-refractivity contribution in [3.63, 3.8) is 0 Å². The highest BCUT2D eigenvalue weighted by Crippen LogP contribution is 2.31. The number of hydrogen-bond acceptors (Lipinski definition) is 4. The molecule has 2 aromatic rings. The normalized spacial score (nSPS) is 10.8. The molecule has 0 bridgehead atoms. The lowest BCUT2D eigenvalue weighted by atomic mass is 10.1. The second-order valence-corrected chi connectivity index (χ2v) is 4.72. The summed E-state index contributed by atoms with van der Waals surface area (Å²) in [5, 5.41) is 18.1. The zero-order valence-corrected chi connectivity index (χ0v) is 12.1. The molecule has 0 unspecified atom stereocenters. The van der Waals surface area contributed by atoms with Gasteiger partial charge in [-0.05, 0) is 26.0 Å². The van der Waals surface area contributed by atoms with Crippen LogP contribution in [0.25, 0.3) is 0 Å². The van der Waals surface area contributed by atoms with Crippen LogP contribution in [-0.4, -0.2) is 9.67 Å². The van der Waals surface area contributed by atoms with Gasteiger partial charge in [0.05, 0.1) is 11.3 Å². The molecule has 0 aliphatic heterocycles. The molecule has 0 atom stereocenters. The van der Waals surface area contributed by atoms with Crippen molar-refractivity contribution in [3.8, 4) is 18.2 Å². The van der Waals surface area contributed by atoms with E-state index in [1.165, 1.54) is 7.05 Å². The van der Waals surface area contributed by atoms with Crippen LogP contribution in [0.2, 0.25) is 0 Å². The van der Waals surface area contributed by atoms with Gasteiger partial charge in [0.25, 0.3) is 5.56 Å². The fourth-order valence-corrected chi connectivity index (χ4v) is 1.88. The van der Waals surface area contributed by atoms with E-state index in [-0.39, 0.29) is 17.1 Å². The molecule has 0 saturated carbocycles. The van der Waals surface area contributed by atoms with E-state index >= 15 is 0 Å². The van der Waals surface area contributed by atoms with E-state index in [1.807, 2.05) is 31.2 Å². The average molecular weight is 281 g/mol. The summed E-state index contributed by atoms with van der Waals surface area (Å²) >= 11 is 0. The molecule has 0 amide bonds. The molecule has 21 heavy (non-hydrogen) atoms. The number of nitrogens with zero attached hydrogens (tertiary/aromatic N) is 3. The number of benzene rings is 1. The summed E-state index contributed by atoms with van der Waals surface area (Å²) in [6.45, 7) is 3.61. The maximum Gasteiger partial charge on any atom is 0.269 e. The van der Waals surface area contributed by atoms with Crippen LogP contribution in [0, 0.1) is 26.2 Å². The Morgan fingerprint density at radius 3 is 2.38 bits per heavy atom. The number of hydrogen-bond donors (Lipinski definition) is 1. The van der Waals surface area contributed by atoms with Gasteiger partial charge in [-0.1, -0.05) is 23.6 Å². The minimum Gasteiger partial charge on any atom is -0.493 e. The van der Waals surface area contributed by atoms with Crippen molar-refractivity contribution in [3.05, 3.63) is 51.3 Å². The number of terminal acetylenes is 1. The standard InChI is InChI=1S/C16H15N3O2/c1-5-13-11(3)14(16(21)19(4)15(13)20)18-17-12-8-6-10(2)7-9-12/h1,6-9,21H,2-4H3/b18-17+. The third-order valence-electron chi connectivity index (χ3n) is 3.22. The fourth-order valence-electron chi connectivity index (χ4n) is 1.88. The summed E-state index contributed by atoms with van der Waals surface area (Å²) in [4.78, 5) is 11.9. The lowest BCUT2D eigenvalue weighted by molar-refractivity contribution is 0.424. The van der Waals surface area contributed by atoms with Crippen LogP contribution < -0.4 is 5.56 Å². The summed E-state index contributed by atoms with van der Waals surface area (Å²) in [5.74, 6) is 2.07. The van der Waals surface area contributed by atoms with Crippen molar-refractivity contribution in [2.24, 2.45) is 17.3 Å². The summed E-state index contributed by atoms with van der Waals surface area (Å²) in [6, 6.07) is 7.45. The summed E-state index contributed by atoms with van der Waals surface area (Å²) in [6.07, 6.45) is 5.35. The molecular formula is C16H15N3O2. The minimum absolute atomic E-state index is 0.174. The Morgan fingerprint density at radius 2 is 1.81 bits per heavy atom. The van der Waals surface area contributed by atoms with Gasteiger partial charge in [0.2, 0.25) is 5.88 Å². The first-order valence-electron chi connectivity index (χ1n) is 6.33. The maximum absolute atomic E-state index is 11.9. The van der Waals surface area contributed by atoms with E-state index in [0.29, 0.717) is 11.3 Å². The van der Waals surface area contributed by atoms with E-state index in [1.54, 1.807) is 6.92 Å². The van der Waals surface area contributed by atoms with Crippen molar-refractivity contribution in [2.45, 2.75) is 13.8 Å². The number of rotatable bonds is 2. The molecule has 0 radical (unpaired) electrons. The SMILES string of the molecule is C#Cc1c(C)c(/N=N/c2ccc(C)cc2)c(O)n(C)c1=O. The molecule has 1 N–H and O–H groups in total. The number of aromatic hydroxyl groups is 1. The highest BCUT2D eigenvalue weighted by Gasteiger charge is 2.15. The first-order valence-corrected chi connectivity index (χ1v) is 6.33. The zero-order chi connectivity index (χ0) is 15.6. The van der Waals surface area contributed by atoms with Gasteiger partial charge in [-0.15, -0.1) is 11.5 Å². The molecule has 0 spiro atoms. The molecule has 106 valence electrons. The van der Waals surface area contributed by atoms with E-state index in [2.05, 4.69) is 16.1 Å². The van der Waals surface area contributed by atoms with Crippen molar-refractivity contribution >= 4 is 11.4 Å². The second-order valence-electron chi connectivity index (χ2n) is 4.72. The molecule has 0 saturated heterocycles. The number of aryl methyl sites for hydroxylation is 1. The summed E-state index contributed by atoms with van der Waals surface area (Å²) in [7, 11) is 1.43. The minimum atomic E-state index is -0.429. The maximum atomic E-state index is 11.9. The topological polar surface area (TPSA) is 67.0 Å². The molecule has 1 aromatic heterocycles. The van der Waals surface area contributed by atoms with Gasteiger partial charge in [0.15, 0.2) is 5.69 Å². The number of azo groups is 1. The molecule has 1 heterocycles. The molecule has 2 rings (SSSR count). The lowest BCUT2D eigenvalue weighted by Gasteiger charge is -2.09. The Kier molecular flexibility index (Phi) is 3.90. The van der Waals surface area contributed by atoms with Gasteiger partial charge in [-0.25, -0.2) is 0 Å². The Balaban J connectivity index is 2.55. The van der Waals surface area contributed by atoms with Crippen molar-refractivity contribution in [1.82, 2.24) is 4.57 Å². The monoisotopic (exact) mass is 281 g/mol. The van der Waals surface area contributed by atoms with Crippen LogP contribution >= 0.6 is 0 Å². The van der Waals surface area contributed by atoms with E-state index in [9.17, 15) is 9.90 Å². The van der Waals surface area contributed by atoms with Gasteiger partial charge >= 0.3 is 0 Å². The van der Waals surface area contributed by atoms with Crippen LogP contribution in [0.4, 0.5) is 11.4 Å². The van der Waals surface area contributed by atoms with Crippen molar-refractivity contribution in [2.75, 3.05) is 0 Å². The smallest absolute Gasteiger partial charge is 0.269 e. The first-order chi connectivity index (χ1) is 9.95. The molecule has 0 aliphatic carbocycles. The molecule has 5 heteroatoms. The Bertz CT molecular complexity index is 809. The van der Waals surface area contributed by atoms with Crippen molar-refractivity contribution < 1.29 is 5.11 Å². The predicted octanol–water partition coefficient (Wildman–Crippen LogP) is 3.10. The summed E-state index contributed by atoms with van der Waals surface area (Å²) in [5.41, 5.74) is 2.15. The summed E-state index contributed by atoms with van der Waals surface area (Å²) < 4.78 is 1.06. The Labute approximate surface area is 122 Å². The molecular weight excluding hydrogens is 266 g/mol. The Morgan fingerprint density at radius 1 is 1.19 bits per heavy atom.